The van der Waals surface area contributed by atoms with Gasteiger partial charge in [0.25, 0.3) is 5.56 Å². The minimum atomic E-state index is -0.144. The second kappa shape index (κ2) is 5.31. The van der Waals surface area contributed by atoms with Crippen LogP contribution in [0.5, 0.6) is 0 Å². The van der Waals surface area contributed by atoms with E-state index in [4.69, 9.17) is 5.11 Å². The van der Waals surface area contributed by atoms with Crippen molar-refractivity contribution >= 4 is 5.69 Å². The Hall–Kier alpha value is -1.36. The fourth-order valence-electron chi connectivity index (χ4n) is 2.28. The van der Waals surface area contributed by atoms with E-state index in [0.29, 0.717) is 5.92 Å². The molecule has 0 amide bonds. The van der Waals surface area contributed by atoms with Crippen molar-refractivity contribution in [3.8, 4) is 0 Å². The summed E-state index contributed by atoms with van der Waals surface area (Å²) in [4.78, 5) is 13.9. The van der Waals surface area contributed by atoms with Crippen LogP contribution in [0.3, 0.4) is 0 Å². The van der Waals surface area contributed by atoms with Crippen LogP contribution in [0.25, 0.3) is 0 Å². The average molecular weight is 237 g/mol. The number of hydrogen-bond acceptors (Lipinski definition) is 4. The van der Waals surface area contributed by atoms with Crippen LogP contribution in [0.2, 0.25) is 0 Å². The number of piperidine rings is 1. The summed E-state index contributed by atoms with van der Waals surface area (Å²) >= 11 is 0. The van der Waals surface area contributed by atoms with Crippen molar-refractivity contribution in [1.82, 2.24) is 9.78 Å². The highest BCUT2D eigenvalue weighted by atomic mass is 16.3. The maximum atomic E-state index is 11.7. The molecule has 1 N–H and O–H groups in total. The molecule has 0 saturated carbocycles. The molecule has 0 aromatic carbocycles. The van der Waals surface area contributed by atoms with Crippen molar-refractivity contribution in [2.45, 2.75) is 26.3 Å². The van der Waals surface area contributed by atoms with Crippen LogP contribution < -0.4 is 10.5 Å². The number of anilines is 1. The molecule has 0 bridgehead atoms. The molecule has 94 valence electrons. The fraction of sp³-hybridized carbons (Fsp3) is 0.667. The molecule has 1 aliphatic rings. The third-order valence-corrected chi connectivity index (χ3v) is 3.19. The molecule has 1 aliphatic heterocycles. The smallest absolute Gasteiger partial charge is 0.268 e. The summed E-state index contributed by atoms with van der Waals surface area (Å²) in [6, 6.07) is 1.61. The van der Waals surface area contributed by atoms with Gasteiger partial charge in [0.2, 0.25) is 0 Å². The number of aliphatic hydroxyl groups excluding tert-OH is 1. The van der Waals surface area contributed by atoms with Gasteiger partial charge in [-0.2, -0.15) is 5.10 Å². The van der Waals surface area contributed by atoms with Crippen molar-refractivity contribution in [2.75, 3.05) is 24.6 Å². The highest BCUT2D eigenvalue weighted by Crippen LogP contribution is 2.20. The molecule has 1 aromatic rings. The number of aromatic nitrogens is 2. The third kappa shape index (κ3) is 2.85. The number of nitrogens with zero attached hydrogens (tertiary/aromatic N) is 3. The minimum Gasteiger partial charge on any atom is -0.394 e. The molecule has 1 saturated heterocycles. The van der Waals surface area contributed by atoms with Gasteiger partial charge >= 0.3 is 0 Å². The molecule has 0 radical (unpaired) electrons. The van der Waals surface area contributed by atoms with E-state index in [0.717, 1.165) is 18.8 Å². The average Bonchev–Trinajstić information content (AvgIpc) is 2.32. The zero-order valence-electron chi connectivity index (χ0n) is 10.2. The lowest BCUT2D eigenvalue weighted by Gasteiger charge is -2.32. The van der Waals surface area contributed by atoms with Crippen LogP contribution in [-0.2, 0) is 6.54 Å². The van der Waals surface area contributed by atoms with Crippen LogP contribution >= 0.6 is 0 Å². The summed E-state index contributed by atoms with van der Waals surface area (Å²) in [5.74, 6) is 0.670. The number of hydrogen-bond donors (Lipinski definition) is 1. The van der Waals surface area contributed by atoms with Gasteiger partial charge < -0.3 is 10.0 Å². The van der Waals surface area contributed by atoms with Gasteiger partial charge in [-0.05, 0) is 18.8 Å². The molecule has 0 spiro atoms. The molecule has 1 fully saturated rings. The van der Waals surface area contributed by atoms with E-state index in [1.807, 2.05) is 0 Å². The largest absolute Gasteiger partial charge is 0.394 e. The first kappa shape index (κ1) is 12.1. The van der Waals surface area contributed by atoms with Crippen LogP contribution in [0, 0.1) is 5.92 Å². The zero-order valence-corrected chi connectivity index (χ0v) is 10.2. The lowest BCUT2D eigenvalue weighted by Crippen LogP contribution is -2.35. The van der Waals surface area contributed by atoms with Gasteiger partial charge in [0.15, 0.2) is 0 Å². The van der Waals surface area contributed by atoms with Crippen molar-refractivity contribution in [3.63, 3.8) is 0 Å². The topological polar surface area (TPSA) is 58.4 Å². The first-order valence-electron chi connectivity index (χ1n) is 6.13. The molecular weight excluding hydrogens is 218 g/mol. The monoisotopic (exact) mass is 237 g/mol. The minimum absolute atomic E-state index is 0.0625. The predicted octanol–water partition coefficient (Wildman–Crippen LogP) is 0.472. The van der Waals surface area contributed by atoms with E-state index >= 15 is 0 Å². The highest BCUT2D eigenvalue weighted by molar-refractivity contribution is 5.43. The molecule has 1 unspecified atom stereocenters. The Morgan fingerprint density at radius 1 is 1.59 bits per heavy atom. The third-order valence-electron chi connectivity index (χ3n) is 3.19. The summed E-state index contributed by atoms with van der Waals surface area (Å²) in [5, 5.41) is 12.9. The lowest BCUT2D eigenvalue weighted by molar-refractivity contribution is 0.266. The van der Waals surface area contributed by atoms with Gasteiger partial charge in [-0.1, -0.05) is 6.92 Å². The highest BCUT2D eigenvalue weighted by Gasteiger charge is 2.17. The predicted molar refractivity (Wildman–Crippen MR) is 66.2 cm³/mol. The quantitative estimate of drug-likeness (QED) is 0.830. The van der Waals surface area contributed by atoms with Crippen molar-refractivity contribution in [2.24, 2.45) is 5.92 Å². The molecule has 0 aliphatic carbocycles. The van der Waals surface area contributed by atoms with Gasteiger partial charge in [0, 0.05) is 19.2 Å². The van der Waals surface area contributed by atoms with Gasteiger partial charge in [0.05, 0.1) is 25.0 Å². The molecule has 2 heterocycles. The second-order valence-corrected chi connectivity index (χ2v) is 4.69. The summed E-state index contributed by atoms with van der Waals surface area (Å²) < 4.78 is 1.29. The molecule has 17 heavy (non-hydrogen) atoms. The first-order valence-corrected chi connectivity index (χ1v) is 6.13. The van der Waals surface area contributed by atoms with Crippen molar-refractivity contribution in [3.05, 3.63) is 22.6 Å². The Kier molecular flexibility index (Phi) is 3.78. The maximum Gasteiger partial charge on any atom is 0.268 e. The van der Waals surface area contributed by atoms with E-state index in [1.54, 1.807) is 12.3 Å². The summed E-state index contributed by atoms with van der Waals surface area (Å²) in [6.07, 6.45) is 4.14. The van der Waals surface area contributed by atoms with Crippen LogP contribution in [0.1, 0.15) is 19.8 Å². The van der Waals surface area contributed by atoms with E-state index in [9.17, 15) is 4.79 Å². The van der Waals surface area contributed by atoms with Gasteiger partial charge in [-0.15, -0.1) is 0 Å². The van der Waals surface area contributed by atoms with E-state index in [2.05, 4.69) is 16.9 Å². The molecular formula is C12H19N3O2. The summed E-state index contributed by atoms with van der Waals surface area (Å²) in [7, 11) is 0. The Morgan fingerprint density at radius 3 is 3.06 bits per heavy atom. The number of aliphatic hydroxyl groups is 1. The second-order valence-electron chi connectivity index (χ2n) is 4.69. The first-order chi connectivity index (χ1) is 8.20. The zero-order chi connectivity index (χ0) is 12.3. The summed E-state index contributed by atoms with van der Waals surface area (Å²) in [6.45, 7) is 4.41. The lowest BCUT2D eigenvalue weighted by atomic mass is 10.00. The molecule has 5 heteroatoms. The molecule has 1 aromatic heterocycles. The Morgan fingerprint density at radius 2 is 2.41 bits per heavy atom. The number of rotatable bonds is 3. The van der Waals surface area contributed by atoms with E-state index in [1.165, 1.54) is 17.5 Å². The Labute approximate surface area is 101 Å². The maximum absolute atomic E-state index is 11.7. The van der Waals surface area contributed by atoms with Crippen LogP contribution in [0.4, 0.5) is 5.69 Å². The normalized spacial score (nSPS) is 20.6. The molecule has 1 atom stereocenters. The van der Waals surface area contributed by atoms with Crippen LogP contribution in [-0.4, -0.2) is 34.6 Å². The van der Waals surface area contributed by atoms with E-state index in [-0.39, 0.29) is 18.7 Å². The van der Waals surface area contributed by atoms with Gasteiger partial charge in [0.1, 0.15) is 0 Å². The summed E-state index contributed by atoms with van der Waals surface area (Å²) in [5.41, 5.74) is 0.755. The molecule has 2 rings (SSSR count). The van der Waals surface area contributed by atoms with Crippen molar-refractivity contribution in [1.29, 1.82) is 0 Å². The molecule has 5 nitrogen and oxygen atoms in total. The van der Waals surface area contributed by atoms with Crippen LogP contribution in [0.15, 0.2) is 17.1 Å². The standard InChI is InChI=1S/C12H19N3O2/c1-10-3-2-4-14(9-10)11-7-12(17)15(5-6-16)13-8-11/h7-8,10,16H,2-6,9H2,1H3. The van der Waals surface area contributed by atoms with E-state index < -0.39 is 0 Å². The van der Waals surface area contributed by atoms with Gasteiger partial charge in [-0.25, -0.2) is 4.68 Å². The Bertz CT molecular complexity index is 430. The SMILES string of the molecule is CC1CCCN(c2cnn(CCO)c(=O)c2)C1. The Balaban J connectivity index is 2.16. The van der Waals surface area contributed by atoms with Crippen molar-refractivity contribution < 1.29 is 5.11 Å². The van der Waals surface area contributed by atoms with Gasteiger partial charge in [-0.3, -0.25) is 4.79 Å². The fourth-order valence-corrected chi connectivity index (χ4v) is 2.28.